The lowest BCUT2D eigenvalue weighted by Crippen LogP contribution is -2.20. The minimum absolute atomic E-state index is 0.0680. The van der Waals surface area contributed by atoms with Crippen LogP contribution in [0.3, 0.4) is 0 Å². The van der Waals surface area contributed by atoms with Crippen molar-refractivity contribution in [2.45, 2.75) is 24.4 Å². The molecular weight excluding hydrogens is 288 g/mol. The quantitative estimate of drug-likeness (QED) is 0.883. The molecule has 0 spiro atoms. The maximum Gasteiger partial charge on any atom is 0.278 e. The van der Waals surface area contributed by atoms with Gasteiger partial charge in [-0.15, -0.1) is 0 Å². The van der Waals surface area contributed by atoms with Gasteiger partial charge >= 0.3 is 0 Å². The Hall–Kier alpha value is -1.86. The van der Waals surface area contributed by atoms with Crippen LogP contribution in [0.4, 0.5) is 5.69 Å². The van der Waals surface area contributed by atoms with Gasteiger partial charge < -0.3 is 4.98 Å². The zero-order valence-corrected chi connectivity index (χ0v) is 12.4. The molecule has 1 fully saturated rings. The topological polar surface area (TPSA) is 78.1 Å². The normalized spacial score (nSPS) is 16.2. The first-order valence-corrected chi connectivity index (χ1v) is 8.45. The summed E-state index contributed by atoms with van der Waals surface area (Å²) in [5.74, 6) is 0. The van der Waals surface area contributed by atoms with E-state index in [4.69, 9.17) is 0 Å². The van der Waals surface area contributed by atoms with Crippen molar-refractivity contribution in [3.63, 3.8) is 0 Å². The van der Waals surface area contributed by atoms with Gasteiger partial charge in [0, 0.05) is 6.54 Å². The molecule has 2 heterocycles. The molecule has 1 aromatic heterocycles. The Labute approximate surface area is 124 Å². The van der Waals surface area contributed by atoms with Gasteiger partial charge in [0.05, 0.1) is 18.2 Å². The lowest BCUT2D eigenvalue weighted by molar-refractivity contribution is 0.332. The van der Waals surface area contributed by atoms with Gasteiger partial charge in [-0.05, 0) is 37.6 Å². The Bertz CT molecular complexity index is 692. The summed E-state index contributed by atoms with van der Waals surface area (Å²) in [6, 6.07) is 7.51. The van der Waals surface area contributed by atoms with E-state index in [0.717, 1.165) is 25.2 Å². The summed E-state index contributed by atoms with van der Waals surface area (Å²) in [6.45, 7) is 2.91. The molecule has 7 heteroatoms. The smallest absolute Gasteiger partial charge is 0.278 e. The van der Waals surface area contributed by atoms with Crippen LogP contribution < -0.4 is 4.72 Å². The summed E-state index contributed by atoms with van der Waals surface area (Å²) in [5, 5.41) is 0.0680. The minimum Gasteiger partial charge on any atom is -0.334 e. The van der Waals surface area contributed by atoms with Crippen LogP contribution in [-0.2, 0) is 16.6 Å². The molecule has 1 saturated heterocycles. The fourth-order valence-electron chi connectivity index (χ4n) is 2.53. The molecule has 1 aliphatic heterocycles. The van der Waals surface area contributed by atoms with E-state index in [1.807, 2.05) is 18.2 Å². The van der Waals surface area contributed by atoms with Gasteiger partial charge in [-0.3, -0.25) is 9.62 Å². The van der Waals surface area contributed by atoms with E-state index in [1.54, 1.807) is 6.07 Å². The van der Waals surface area contributed by atoms with Crippen molar-refractivity contribution in [3.05, 3.63) is 42.4 Å². The van der Waals surface area contributed by atoms with E-state index >= 15 is 0 Å². The fourth-order valence-corrected chi connectivity index (χ4v) is 3.54. The molecule has 2 aromatic rings. The molecular formula is C14H18N4O2S. The van der Waals surface area contributed by atoms with Crippen molar-refractivity contribution in [3.8, 4) is 0 Å². The summed E-state index contributed by atoms with van der Waals surface area (Å²) in [4.78, 5) is 8.71. The number of para-hydroxylation sites is 1. The van der Waals surface area contributed by atoms with Crippen LogP contribution >= 0.6 is 0 Å². The Morgan fingerprint density at radius 2 is 2.00 bits per heavy atom. The lowest BCUT2D eigenvalue weighted by Gasteiger charge is -2.18. The van der Waals surface area contributed by atoms with Crippen molar-refractivity contribution in [1.29, 1.82) is 0 Å². The van der Waals surface area contributed by atoms with Crippen LogP contribution in [0.2, 0.25) is 0 Å². The maximum absolute atomic E-state index is 12.3. The van der Waals surface area contributed by atoms with Crippen molar-refractivity contribution in [2.75, 3.05) is 17.8 Å². The number of hydrogen-bond acceptors (Lipinski definition) is 4. The van der Waals surface area contributed by atoms with Crippen LogP contribution in [-0.4, -0.2) is 36.4 Å². The molecule has 0 atom stereocenters. The van der Waals surface area contributed by atoms with Crippen molar-refractivity contribution in [1.82, 2.24) is 14.9 Å². The Balaban J connectivity index is 1.82. The van der Waals surface area contributed by atoms with Crippen molar-refractivity contribution < 1.29 is 8.42 Å². The predicted molar refractivity (Wildman–Crippen MR) is 80.3 cm³/mol. The molecule has 0 aliphatic carbocycles. The zero-order valence-electron chi connectivity index (χ0n) is 11.6. The fraction of sp³-hybridized carbons (Fsp3) is 0.357. The van der Waals surface area contributed by atoms with E-state index in [-0.39, 0.29) is 5.03 Å². The average Bonchev–Trinajstić information content (AvgIpc) is 3.13. The largest absolute Gasteiger partial charge is 0.334 e. The number of aromatic nitrogens is 2. The number of benzene rings is 1. The Morgan fingerprint density at radius 3 is 2.71 bits per heavy atom. The summed E-state index contributed by atoms with van der Waals surface area (Å²) in [7, 11) is -3.61. The van der Waals surface area contributed by atoms with E-state index in [1.165, 1.54) is 25.4 Å². The third-order valence-electron chi connectivity index (χ3n) is 3.62. The first kappa shape index (κ1) is 14.1. The third kappa shape index (κ3) is 3.25. The molecule has 0 radical (unpaired) electrons. The number of aromatic amines is 1. The highest BCUT2D eigenvalue weighted by Crippen LogP contribution is 2.22. The minimum atomic E-state index is -3.61. The summed E-state index contributed by atoms with van der Waals surface area (Å²) in [5.41, 5.74) is 1.61. The molecule has 21 heavy (non-hydrogen) atoms. The Kier molecular flexibility index (Phi) is 3.94. The van der Waals surface area contributed by atoms with Gasteiger partial charge in [-0.1, -0.05) is 18.2 Å². The van der Waals surface area contributed by atoms with E-state index in [9.17, 15) is 8.42 Å². The van der Waals surface area contributed by atoms with Crippen molar-refractivity contribution >= 4 is 15.7 Å². The van der Waals surface area contributed by atoms with Gasteiger partial charge in [0.2, 0.25) is 0 Å². The van der Waals surface area contributed by atoms with Gasteiger partial charge in [0.25, 0.3) is 10.0 Å². The standard InChI is InChI=1S/C14H18N4O2S/c19-21(20,14-9-15-11-16-14)17-13-6-2-1-5-12(13)10-18-7-3-4-8-18/h1-2,5-6,9,11,17H,3-4,7-8,10H2,(H,15,16). The number of hydrogen-bond donors (Lipinski definition) is 2. The van der Waals surface area contributed by atoms with Crippen LogP contribution in [0.15, 0.2) is 41.8 Å². The number of nitrogens with one attached hydrogen (secondary N) is 2. The van der Waals surface area contributed by atoms with Crippen LogP contribution in [0.5, 0.6) is 0 Å². The second kappa shape index (κ2) is 5.87. The van der Waals surface area contributed by atoms with E-state index in [2.05, 4.69) is 19.6 Å². The van der Waals surface area contributed by atoms with Crippen LogP contribution in [0, 0.1) is 0 Å². The first-order chi connectivity index (χ1) is 10.1. The molecule has 0 bridgehead atoms. The number of rotatable bonds is 5. The second-order valence-electron chi connectivity index (χ2n) is 5.16. The van der Waals surface area contributed by atoms with Gasteiger partial charge in [0.15, 0.2) is 5.03 Å². The highest BCUT2D eigenvalue weighted by atomic mass is 32.2. The SMILES string of the molecule is O=S(=O)(Nc1ccccc1CN1CCCC1)c1cnc[nH]1. The molecule has 1 aromatic carbocycles. The zero-order chi connectivity index (χ0) is 14.7. The summed E-state index contributed by atoms with van der Waals surface area (Å²) in [6.07, 6.45) is 5.07. The first-order valence-electron chi connectivity index (χ1n) is 6.96. The average molecular weight is 306 g/mol. The predicted octanol–water partition coefficient (Wildman–Crippen LogP) is 1.81. The molecule has 0 saturated carbocycles. The molecule has 112 valence electrons. The van der Waals surface area contributed by atoms with Gasteiger partial charge in [-0.2, -0.15) is 8.42 Å². The van der Waals surface area contributed by atoms with E-state index in [0.29, 0.717) is 5.69 Å². The molecule has 3 rings (SSSR count). The monoisotopic (exact) mass is 306 g/mol. The third-order valence-corrected chi connectivity index (χ3v) is 4.91. The van der Waals surface area contributed by atoms with Crippen molar-refractivity contribution in [2.24, 2.45) is 0 Å². The summed E-state index contributed by atoms with van der Waals surface area (Å²) < 4.78 is 27.1. The molecule has 6 nitrogen and oxygen atoms in total. The highest BCUT2D eigenvalue weighted by Gasteiger charge is 2.19. The number of sulfonamides is 1. The number of anilines is 1. The summed E-state index contributed by atoms with van der Waals surface area (Å²) >= 11 is 0. The maximum atomic E-state index is 12.3. The van der Waals surface area contributed by atoms with Crippen LogP contribution in [0.1, 0.15) is 18.4 Å². The molecule has 1 aliphatic rings. The number of H-pyrrole nitrogens is 1. The number of likely N-dealkylation sites (tertiary alicyclic amines) is 1. The van der Waals surface area contributed by atoms with Crippen LogP contribution in [0.25, 0.3) is 0 Å². The highest BCUT2D eigenvalue weighted by molar-refractivity contribution is 7.92. The lowest BCUT2D eigenvalue weighted by atomic mass is 10.2. The molecule has 0 amide bonds. The second-order valence-corrected chi connectivity index (χ2v) is 6.81. The van der Waals surface area contributed by atoms with E-state index < -0.39 is 10.0 Å². The van der Waals surface area contributed by atoms with Gasteiger partial charge in [-0.25, -0.2) is 4.98 Å². The Morgan fingerprint density at radius 1 is 1.24 bits per heavy atom. The number of nitrogens with zero attached hydrogens (tertiary/aromatic N) is 2. The molecule has 0 unspecified atom stereocenters. The molecule has 2 N–H and O–H groups in total. The number of imidazole rings is 1. The van der Waals surface area contributed by atoms with Gasteiger partial charge in [0.1, 0.15) is 0 Å².